The number of nitrogens with two attached hydrogens (primary N) is 1. The predicted molar refractivity (Wildman–Crippen MR) is 50.2 cm³/mol. The highest BCUT2D eigenvalue weighted by Crippen LogP contribution is 2.24. The minimum Gasteiger partial charge on any atom is -0.429 e. The van der Waals surface area contributed by atoms with Gasteiger partial charge in [0.2, 0.25) is 0 Å². The molecule has 6 heteroatoms. The number of hydrogen-bond acceptors (Lipinski definition) is 2. The van der Waals surface area contributed by atoms with E-state index in [9.17, 15) is 17.6 Å². The zero-order valence-electron chi connectivity index (χ0n) is 8.09. The molecule has 0 saturated heterocycles. The van der Waals surface area contributed by atoms with E-state index in [-0.39, 0.29) is 12.3 Å². The molecule has 1 aromatic carbocycles. The highest BCUT2D eigenvalue weighted by atomic mass is 19.3. The van der Waals surface area contributed by atoms with Gasteiger partial charge in [0.25, 0.3) is 6.08 Å². The summed E-state index contributed by atoms with van der Waals surface area (Å²) >= 11 is 0. The lowest BCUT2D eigenvalue weighted by Gasteiger charge is -2.13. The summed E-state index contributed by atoms with van der Waals surface area (Å²) in [6, 6.07) is 5.42. The average molecular weight is 235 g/mol. The van der Waals surface area contributed by atoms with Gasteiger partial charge in [0.05, 0.1) is 6.08 Å². The Morgan fingerprint density at radius 3 is 2.25 bits per heavy atom. The van der Waals surface area contributed by atoms with E-state index in [4.69, 9.17) is 5.73 Å². The van der Waals surface area contributed by atoms with Crippen LogP contribution in [0.15, 0.2) is 36.4 Å². The molecule has 0 amide bonds. The second-order valence-corrected chi connectivity index (χ2v) is 2.95. The maximum atomic E-state index is 12.7. The van der Waals surface area contributed by atoms with E-state index in [1.807, 2.05) is 0 Å². The average Bonchev–Trinajstić information content (AvgIpc) is 2.16. The van der Waals surface area contributed by atoms with Crippen molar-refractivity contribution in [2.24, 2.45) is 5.73 Å². The van der Waals surface area contributed by atoms with Crippen LogP contribution in [0.5, 0.6) is 5.75 Å². The van der Waals surface area contributed by atoms with Crippen LogP contribution >= 0.6 is 0 Å². The van der Waals surface area contributed by atoms with E-state index in [1.165, 1.54) is 24.3 Å². The van der Waals surface area contributed by atoms with Gasteiger partial charge in [0, 0.05) is 6.54 Å². The molecule has 2 nitrogen and oxygen atoms in total. The van der Waals surface area contributed by atoms with Gasteiger partial charge in [-0.2, -0.15) is 17.6 Å². The van der Waals surface area contributed by atoms with Gasteiger partial charge in [0.15, 0.2) is 0 Å². The quantitative estimate of drug-likeness (QED) is 0.814. The Morgan fingerprint density at radius 2 is 1.81 bits per heavy atom. The second kappa shape index (κ2) is 4.98. The molecular weight excluding hydrogens is 226 g/mol. The Kier molecular flexibility index (Phi) is 3.89. The van der Waals surface area contributed by atoms with Crippen LogP contribution < -0.4 is 10.5 Å². The van der Waals surface area contributed by atoms with Gasteiger partial charge in [-0.3, -0.25) is 0 Å². The topological polar surface area (TPSA) is 35.2 Å². The summed E-state index contributed by atoms with van der Waals surface area (Å²) in [6.07, 6.45) is -7.07. The van der Waals surface area contributed by atoms with Crippen LogP contribution in [0.25, 0.3) is 0 Å². The van der Waals surface area contributed by atoms with Gasteiger partial charge >= 0.3 is 6.11 Å². The second-order valence-electron chi connectivity index (χ2n) is 2.95. The van der Waals surface area contributed by atoms with Gasteiger partial charge in [0.1, 0.15) is 5.75 Å². The SMILES string of the molecule is NCc1ccc(OC(F)(F)C=C(F)F)cc1. The molecule has 0 atom stereocenters. The molecule has 0 aromatic heterocycles. The lowest BCUT2D eigenvalue weighted by atomic mass is 10.2. The van der Waals surface area contributed by atoms with Crippen LogP contribution in [-0.2, 0) is 6.54 Å². The van der Waals surface area contributed by atoms with Gasteiger partial charge in [-0.25, -0.2) is 0 Å². The highest BCUT2D eigenvalue weighted by molar-refractivity contribution is 5.27. The molecule has 16 heavy (non-hydrogen) atoms. The van der Waals surface area contributed by atoms with Crippen LogP contribution in [0.2, 0.25) is 0 Å². The molecule has 2 N–H and O–H groups in total. The molecule has 0 spiro atoms. The predicted octanol–water partition coefficient (Wildman–Crippen LogP) is 2.90. The van der Waals surface area contributed by atoms with Crippen molar-refractivity contribution in [1.29, 1.82) is 0 Å². The smallest absolute Gasteiger partial charge is 0.425 e. The van der Waals surface area contributed by atoms with Crippen molar-refractivity contribution in [3.8, 4) is 5.75 Å². The normalized spacial score (nSPS) is 11.1. The van der Waals surface area contributed by atoms with Crippen molar-refractivity contribution in [1.82, 2.24) is 0 Å². The fraction of sp³-hybridized carbons (Fsp3) is 0.200. The molecule has 0 saturated carbocycles. The summed E-state index contributed by atoms with van der Waals surface area (Å²) in [5.74, 6) is -0.209. The highest BCUT2D eigenvalue weighted by Gasteiger charge is 2.30. The number of rotatable bonds is 4. The maximum absolute atomic E-state index is 12.7. The van der Waals surface area contributed by atoms with Gasteiger partial charge < -0.3 is 10.5 Å². The van der Waals surface area contributed by atoms with Crippen molar-refractivity contribution in [3.05, 3.63) is 42.0 Å². The van der Waals surface area contributed by atoms with E-state index in [0.29, 0.717) is 0 Å². The number of alkyl halides is 2. The molecule has 1 rings (SSSR count). The molecule has 0 bridgehead atoms. The molecule has 0 radical (unpaired) electrons. The maximum Gasteiger partial charge on any atom is 0.425 e. The minimum atomic E-state index is -4.02. The van der Waals surface area contributed by atoms with E-state index in [2.05, 4.69) is 4.74 Å². The minimum absolute atomic E-state index is 0.209. The summed E-state index contributed by atoms with van der Waals surface area (Å²) in [6.45, 7) is 0.260. The Labute approximate surface area is 89.3 Å². The van der Waals surface area contributed by atoms with Crippen LogP contribution in [0.4, 0.5) is 17.6 Å². The van der Waals surface area contributed by atoms with Gasteiger partial charge in [-0.15, -0.1) is 0 Å². The summed E-state index contributed by atoms with van der Waals surface area (Å²) in [5.41, 5.74) is 6.02. The lowest BCUT2D eigenvalue weighted by Crippen LogP contribution is -2.21. The zero-order chi connectivity index (χ0) is 12.2. The lowest BCUT2D eigenvalue weighted by molar-refractivity contribution is -0.133. The van der Waals surface area contributed by atoms with Crippen molar-refractivity contribution >= 4 is 0 Å². The Hall–Kier alpha value is -1.56. The first-order valence-corrected chi connectivity index (χ1v) is 4.32. The van der Waals surface area contributed by atoms with Gasteiger partial charge in [-0.1, -0.05) is 12.1 Å². The Bertz CT molecular complexity index is 371. The Balaban J connectivity index is 2.76. The number of hydrogen-bond donors (Lipinski definition) is 1. The standard InChI is InChI=1S/C10H9F4NO/c11-9(12)5-10(13,14)16-8-3-1-7(6-15)2-4-8/h1-5H,6,15H2. The molecule has 0 fully saturated rings. The summed E-state index contributed by atoms with van der Waals surface area (Å²) in [5, 5.41) is 0. The molecular formula is C10H9F4NO. The van der Waals surface area contributed by atoms with E-state index in [1.54, 1.807) is 0 Å². The molecule has 0 heterocycles. The third kappa shape index (κ3) is 3.90. The van der Waals surface area contributed by atoms with Crippen LogP contribution in [0.3, 0.4) is 0 Å². The first-order valence-electron chi connectivity index (χ1n) is 4.32. The first-order chi connectivity index (χ1) is 7.43. The van der Waals surface area contributed by atoms with Crippen molar-refractivity contribution in [2.45, 2.75) is 12.7 Å². The fourth-order valence-corrected chi connectivity index (χ4v) is 1.01. The van der Waals surface area contributed by atoms with E-state index < -0.39 is 18.3 Å². The van der Waals surface area contributed by atoms with Crippen molar-refractivity contribution < 1.29 is 22.3 Å². The van der Waals surface area contributed by atoms with Crippen molar-refractivity contribution in [2.75, 3.05) is 0 Å². The molecule has 0 aliphatic heterocycles. The fourth-order valence-electron chi connectivity index (χ4n) is 1.01. The first kappa shape index (κ1) is 12.5. The molecule has 0 aliphatic rings. The molecule has 0 aliphatic carbocycles. The number of benzene rings is 1. The van der Waals surface area contributed by atoms with Gasteiger partial charge in [-0.05, 0) is 17.7 Å². The monoisotopic (exact) mass is 235 g/mol. The largest absolute Gasteiger partial charge is 0.429 e. The van der Waals surface area contributed by atoms with E-state index in [0.717, 1.165) is 5.56 Å². The van der Waals surface area contributed by atoms with E-state index >= 15 is 0 Å². The molecule has 1 aromatic rings. The molecule has 0 unspecified atom stereocenters. The Morgan fingerprint density at radius 1 is 1.25 bits per heavy atom. The van der Waals surface area contributed by atoms with Crippen LogP contribution in [0, 0.1) is 0 Å². The number of halogens is 4. The van der Waals surface area contributed by atoms with Crippen molar-refractivity contribution in [3.63, 3.8) is 0 Å². The van der Waals surface area contributed by atoms with Crippen LogP contribution in [0.1, 0.15) is 5.56 Å². The van der Waals surface area contributed by atoms with Crippen LogP contribution in [-0.4, -0.2) is 6.11 Å². The summed E-state index contributed by atoms with van der Waals surface area (Å²) < 4.78 is 52.8. The number of ether oxygens (including phenoxy) is 1. The molecule has 88 valence electrons. The summed E-state index contributed by atoms with van der Waals surface area (Å²) in [7, 11) is 0. The zero-order valence-corrected chi connectivity index (χ0v) is 8.09. The third-order valence-electron chi connectivity index (χ3n) is 1.69. The summed E-state index contributed by atoms with van der Waals surface area (Å²) in [4.78, 5) is 0. The third-order valence-corrected chi connectivity index (χ3v) is 1.69.